The van der Waals surface area contributed by atoms with Crippen molar-refractivity contribution in [2.24, 2.45) is 0 Å². The van der Waals surface area contributed by atoms with E-state index in [9.17, 15) is 14.7 Å². The molecule has 1 aromatic heterocycles. The van der Waals surface area contributed by atoms with E-state index in [4.69, 9.17) is 4.74 Å². The molecule has 5 rings (SSSR count). The Bertz CT molecular complexity index is 1430. The first kappa shape index (κ1) is 20.6. The number of methoxy groups -OCH3 is 1. The highest BCUT2D eigenvalue weighted by atomic mass is 16.5. The quantitative estimate of drug-likeness (QED) is 0.263. The maximum Gasteiger partial charge on any atom is 0.300 e. The Kier molecular flexibility index (Phi) is 4.98. The van der Waals surface area contributed by atoms with Gasteiger partial charge >= 0.3 is 0 Å². The molecule has 1 atom stereocenters. The van der Waals surface area contributed by atoms with Crippen molar-refractivity contribution in [3.05, 3.63) is 101 Å². The second-order valence-corrected chi connectivity index (χ2v) is 8.03. The van der Waals surface area contributed by atoms with Crippen LogP contribution in [0.2, 0.25) is 0 Å². The fourth-order valence-electron chi connectivity index (χ4n) is 4.42. The molecule has 6 heteroatoms. The van der Waals surface area contributed by atoms with Gasteiger partial charge in [0.15, 0.2) is 0 Å². The van der Waals surface area contributed by atoms with Crippen molar-refractivity contribution in [2.45, 2.75) is 13.0 Å². The molecule has 2 N–H and O–H groups in total. The monoisotopic (exact) mass is 438 g/mol. The molecule has 0 radical (unpaired) electrons. The Morgan fingerprint density at radius 2 is 1.79 bits per heavy atom. The molecular weight excluding hydrogens is 416 g/mol. The van der Waals surface area contributed by atoms with Gasteiger partial charge in [0.1, 0.15) is 11.5 Å². The highest BCUT2D eigenvalue weighted by molar-refractivity contribution is 6.51. The number of aliphatic hydroxyl groups is 1. The molecule has 1 amide bonds. The Hall–Kier alpha value is -4.32. The standard InChI is InChI=1S/C27H22N2O4/c1-16-7-5-9-18(13-16)29-24(17-8-6-10-19(14-17)33-2)23(26(31)27(29)32)25(30)21-15-28-22-12-4-3-11-20(21)22/h3-15,24,28,30H,1-2H3/b25-23-. The van der Waals surface area contributed by atoms with Crippen LogP contribution in [0.15, 0.2) is 84.6 Å². The number of ether oxygens (including phenoxy) is 1. The number of Topliss-reactive ketones (excluding diaryl/α,β-unsaturated/α-hetero) is 1. The van der Waals surface area contributed by atoms with Crippen LogP contribution in [-0.2, 0) is 9.59 Å². The van der Waals surface area contributed by atoms with Crippen molar-refractivity contribution in [3.63, 3.8) is 0 Å². The van der Waals surface area contributed by atoms with Crippen molar-refractivity contribution in [1.82, 2.24) is 4.98 Å². The van der Waals surface area contributed by atoms with Crippen LogP contribution in [0.25, 0.3) is 16.7 Å². The normalized spacial score (nSPS) is 17.6. The van der Waals surface area contributed by atoms with Crippen molar-refractivity contribution in [1.29, 1.82) is 0 Å². The number of aromatic nitrogens is 1. The van der Waals surface area contributed by atoms with Crippen molar-refractivity contribution in [3.8, 4) is 5.75 Å². The van der Waals surface area contributed by atoms with E-state index in [-0.39, 0.29) is 11.3 Å². The van der Waals surface area contributed by atoms with Crippen molar-refractivity contribution >= 4 is 34.0 Å². The molecule has 1 aliphatic rings. The minimum Gasteiger partial charge on any atom is -0.507 e. The summed E-state index contributed by atoms with van der Waals surface area (Å²) < 4.78 is 5.38. The van der Waals surface area contributed by atoms with Crippen LogP contribution < -0.4 is 9.64 Å². The summed E-state index contributed by atoms with van der Waals surface area (Å²) in [6.45, 7) is 1.92. The number of aromatic amines is 1. The number of H-pyrrole nitrogens is 1. The number of ketones is 1. The van der Waals surface area contributed by atoms with Gasteiger partial charge in [0.05, 0.1) is 18.7 Å². The molecule has 0 spiro atoms. The third kappa shape index (κ3) is 3.36. The molecule has 4 aromatic rings. The second-order valence-electron chi connectivity index (χ2n) is 8.03. The van der Waals surface area contributed by atoms with Gasteiger partial charge in [-0.1, -0.05) is 42.5 Å². The summed E-state index contributed by atoms with van der Waals surface area (Å²) in [6, 6.07) is 21.3. The first-order valence-corrected chi connectivity index (χ1v) is 10.6. The lowest BCUT2D eigenvalue weighted by Gasteiger charge is -2.26. The Morgan fingerprint density at radius 3 is 2.58 bits per heavy atom. The number of carbonyl (C=O) groups is 2. The van der Waals surface area contributed by atoms with Gasteiger partial charge in [-0.25, -0.2) is 0 Å². The van der Waals surface area contributed by atoms with E-state index < -0.39 is 17.7 Å². The minimum absolute atomic E-state index is 0.0412. The van der Waals surface area contributed by atoms with Gasteiger partial charge < -0.3 is 14.8 Å². The highest BCUT2D eigenvalue weighted by Crippen LogP contribution is 2.43. The number of aryl methyl sites for hydroxylation is 1. The molecule has 0 bridgehead atoms. The number of para-hydroxylation sites is 1. The van der Waals surface area contributed by atoms with E-state index in [0.717, 1.165) is 16.5 Å². The minimum atomic E-state index is -0.810. The Morgan fingerprint density at radius 1 is 1.00 bits per heavy atom. The second kappa shape index (κ2) is 7.98. The fourth-order valence-corrected chi connectivity index (χ4v) is 4.42. The number of rotatable bonds is 4. The van der Waals surface area contributed by atoms with Gasteiger partial charge in [-0.2, -0.15) is 0 Å². The van der Waals surface area contributed by atoms with Crippen LogP contribution >= 0.6 is 0 Å². The molecule has 6 nitrogen and oxygen atoms in total. The number of carbonyl (C=O) groups excluding carboxylic acids is 2. The lowest BCUT2D eigenvalue weighted by molar-refractivity contribution is -0.132. The van der Waals surface area contributed by atoms with Crippen LogP contribution in [-0.4, -0.2) is 28.9 Å². The number of benzene rings is 3. The average molecular weight is 438 g/mol. The lowest BCUT2D eigenvalue weighted by atomic mass is 9.94. The zero-order valence-electron chi connectivity index (χ0n) is 18.2. The maximum absolute atomic E-state index is 13.3. The average Bonchev–Trinajstić information content (AvgIpc) is 3.38. The van der Waals surface area contributed by atoms with E-state index in [1.54, 1.807) is 37.6 Å². The van der Waals surface area contributed by atoms with Crippen molar-refractivity contribution in [2.75, 3.05) is 12.0 Å². The van der Waals surface area contributed by atoms with Gasteiger partial charge in [-0.3, -0.25) is 14.5 Å². The highest BCUT2D eigenvalue weighted by Gasteiger charge is 2.47. The topological polar surface area (TPSA) is 82.6 Å². The first-order chi connectivity index (χ1) is 16.0. The number of aliphatic hydroxyl groups excluding tert-OH is 1. The number of anilines is 1. The molecule has 164 valence electrons. The number of hydrogen-bond donors (Lipinski definition) is 2. The van der Waals surface area contributed by atoms with Crippen LogP contribution in [0.3, 0.4) is 0 Å². The summed E-state index contributed by atoms with van der Waals surface area (Å²) in [7, 11) is 1.56. The maximum atomic E-state index is 13.3. The summed E-state index contributed by atoms with van der Waals surface area (Å²) in [5.74, 6) is -1.04. The van der Waals surface area contributed by atoms with Gasteiger partial charge in [0, 0.05) is 28.4 Å². The van der Waals surface area contributed by atoms with Crippen LogP contribution in [0.5, 0.6) is 5.75 Å². The Balaban J connectivity index is 1.77. The zero-order valence-corrected chi connectivity index (χ0v) is 18.2. The first-order valence-electron chi connectivity index (χ1n) is 10.6. The molecule has 1 fully saturated rings. The summed E-state index contributed by atoms with van der Waals surface area (Å²) in [5, 5.41) is 12.2. The molecule has 1 aliphatic heterocycles. The van der Waals surface area contributed by atoms with E-state index in [2.05, 4.69) is 4.98 Å². The van der Waals surface area contributed by atoms with Crippen molar-refractivity contribution < 1.29 is 19.4 Å². The summed E-state index contributed by atoms with van der Waals surface area (Å²) in [5.41, 5.74) is 3.54. The number of amides is 1. The van der Waals surface area contributed by atoms with Crippen LogP contribution in [0.1, 0.15) is 22.7 Å². The number of nitrogens with one attached hydrogen (secondary N) is 1. The van der Waals surface area contributed by atoms with E-state index in [0.29, 0.717) is 22.6 Å². The number of fused-ring (bicyclic) bond motifs is 1. The zero-order chi connectivity index (χ0) is 23.1. The molecule has 0 saturated carbocycles. The smallest absolute Gasteiger partial charge is 0.300 e. The molecule has 1 unspecified atom stereocenters. The molecule has 1 saturated heterocycles. The van der Waals surface area contributed by atoms with E-state index in [1.807, 2.05) is 55.5 Å². The molecule has 2 heterocycles. The predicted octanol–water partition coefficient (Wildman–Crippen LogP) is 5.11. The molecule has 33 heavy (non-hydrogen) atoms. The van der Waals surface area contributed by atoms with Crippen LogP contribution in [0.4, 0.5) is 5.69 Å². The van der Waals surface area contributed by atoms with E-state index in [1.165, 1.54) is 4.90 Å². The van der Waals surface area contributed by atoms with Crippen LogP contribution in [0, 0.1) is 6.92 Å². The summed E-state index contributed by atoms with van der Waals surface area (Å²) in [4.78, 5) is 31.2. The number of nitrogens with zero attached hydrogens (tertiary/aromatic N) is 1. The Labute approximate surface area is 190 Å². The van der Waals surface area contributed by atoms with Gasteiger partial charge in [0.2, 0.25) is 0 Å². The largest absolute Gasteiger partial charge is 0.507 e. The predicted molar refractivity (Wildman–Crippen MR) is 127 cm³/mol. The molecule has 0 aliphatic carbocycles. The fraction of sp³-hybridized carbons (Fsp3) is 0.111. The summed E-state index contributed by atoms with van der Waals surface area (Å²) >= 11 is 0. The van der Waals surface area contributed by atoms with Gasteiger partial charge in [0.25, 0.3) is 11.7 Å². The third-order valence-corrected chi connectivity index (χ3v) is 5.98. The third-order valence-electron chi connectivity index (χ3n) is 5.98. The van der Waals surface area contributed by atoms with Gasteiger partial charge in [-0.15, -0.1) is 0 Å². The van der Waals surface area contributed by atoms with E-state index >= 15 is 0 Å². The SMILES string of the molecule is COc1cccc(C2/C(=C(/O)c3c[nH]c4ccccc34)C(=O)C(=O)N2c2cccc(C)c2)c1. The lowest BCUT2D eigenvalue weighted by Crippen LogP contribution is -2.29. The summed E-state index contributed by atoms with van der Waals surface area (Å²) in [6.07, 6.45) is 1.66. The number of hydrogen-bond acceptors (Lipinski definition) is 4. The molecular formula is C27H22N2O4. The molecule has 3 aromatic carbocycles. The van der Waals surface area contributed by atoms with Gasteiger partial charge in [-0.05, 0) is 48.4 Å².